The van der Waals surface area contributed by atoms with Crippen molar-refractivity contribution in [3.63, 3.8) is 0 Å². The second-order valence-electron chi connectivity index (χ2n) is 6.56. The molecule has 1 aromatic heterocycles. The van der Waals surface area contributed by atoms with Crippen molar-refractivity contribution in [2.24, 2.45) is 5.41 Å². The monoisotopic (exact) mass is 264 g/mol. The lowest BCUT2D eigenvalue weighted by molar-refractivity contribution is 0.328. The Morgan fingerprint density at radius 1 is 1.21 bits per heavy atom. The molecule has 1 atom stereocenters. The average Bonchev–Trinajstić information content (AvgIpc) is 2.33. The van der Waals surface area contributed by atoms with Crippen molar-refractivity contribution >= 4 is 5.82 Å². The van der Waals surface area contributed by atoms with Crippen LogP contribution in [-0.2, 0) is 6.54 Å². The normalized spacial score (nSPS) is 13.7. The van der Waals surface area contributed by atoms with E-state index in [1.807, 2.05) is 12.4 Å². The standard InChI is InChI=1S/C15H28N4/c1-11(2)17-9-13-8-16-10-14(18-13)19(7)12(3)15(4,5)6/h8,10-12,17H,9H2,1-7H3. The molecule has 0 aliphatic carbocycles. The molecular formula is C15H28N4. The highest BCUT2D eigenvalue weighted by Gasteiger charge is 2.24. The zero-order valence-corrected chi connectivity index (χ0v) is 13.4. The van der Waals surface area contributed by atoms with Crippen LogP contribution in [0.4, 0.5) is 5.82 Å². The predicted molar refractivity (Wildman–Crippen MR) is 81.3 cm³/mol. The molecule has 0 aliphatic rings. The maximum absolute atomic E-state index is 4.68. The fraction of sp³-hybridized carbons (Fsp3) is 0.733. The molecule has 0 saturated heterocycles. The highest BCUT2D eigenvalue weighted by molar-refractivity contribution is 5.37. The van der Waals surface area contributed by atoms with Gasteiger partial charge >= 0.3 is 0 Å². The molecule has 0 radical (unpaired) electrons. The lowest BCUT2D eigenvalue weighted by Crippen LogP contribution is -2.40. The van der Waals surface area contributed by atoms with Crippen LogP contribution in [0.15, 0.2) is 12.4 Å². The first-order valence-corrected chi connectivity index (χ1v) is 6.99. The fourth-order valence-corrected chi connectivity index (χ4v) is 1.74. The van der Waals surface area contributed by atoms with Crippen molar-refractivity contribution in [1.82, 2.24) is 15.3 Å². The molecule has 1 rings (SSSR count). The summed E-state index contributed by atoms with van der Waals surface area (Å²) >= 11 is 0. The summed E-state index contributed by atoms with van der Waals surface area (Å²) in [6.45, 7) is 14.0. The van der Waals surface area contributed by atoms with E-state index >= 15 is 0 Å². The fourth-order valence-electron chi connectivity index (χ4n) is 1.74. The van der Waals surface area contributed by atoms with Crippen LogP contribution in [0.1, 0.15) is 47.2 Å². The van der Waals surface area contributed by atoms with Gasteiger partial charge in [0.2, 0.25) is 0 Å². The van der Waals surface area contributed by atoms with Crippen LogP contribution in [0.25, 0.3) is 0 Å². The van der Waals surface area contributed by atoms with Crippen LogP contribution in [0.3, 0.4) is 0 Å². The molecule has 1 heterocycles. The number of hydrogen-bond acceptors (Lipinski definition) is 4. The second-order valence-corrected chi connectivity index (χ2v) is 6.56. The first-order chi connectivity index (χ1) is 8.71. The molecule has 108 valence electrons. The van der Waals surface area contributed by atoms with Crippen molar-refractivity contribution < 1.29 is 0 Å². The Hall–Kier alpha value is -1.16. The minimum absolute atomic E-state index is 0.211. The Balaban J connectivity index is 2.81. The van der Waals surface area contributed by atoms with Gasteiger partial charge in [-0.25, -0.2) is 4.98 Å². The van der Waals surface area contributed by atoms with E-state index in [0.29, 0.717) is 12.1 Å². The molecule has 4 nitrogen and oxygen atoms in total. The first-order valence-electron chi connectivity index (χ1n) is 6.99. The van der Waals surface area contributed by atoms with Gasteiger partial charge in [0.1, 0.15) is 5.82 Å². The van der Waals surface area contributed by atoms with Crippen molar-refractivity contribution in [2.45, 2.75) is 60.2 Å². The van der Waals surface area contributed by atoms with E-state index in [2.05, 4.69) is 68.8 Å². The third-order valence-electron chi connectivity index (χ3n) is 3.56. The number of anilines is 1. The van der Waals surface area contributed by atoms with Crippen molar-refractivity contribution in [2.75, 3.05) is 11.9 Å². The van der Waals surface area contributed by atoms with Crippen LogP contribution >= 0.6 is 0 Å². The van der Waals surface area contributed by atoms with Crippen molar-refractivity contribution in [3.8, 4) is 0 Å². The minimum atomic E-state index is 0.211. The zero-order chi connectivity index (χ0) is 14.6. The quantitative estimate of drug-likeness (QED) is 0.888. The lowest BCUT2D eigenvalue weighted by Gasteiger charge is -2.36. The predicted octanol–water partition coefficient (Wildman–Crippen LogP) is 2.85. The molecular weight excluding hydrogens is 236 g/mol. The number of nitrogens with one attached hydrogen (secondary N) is 1. The summed E-state index contributed by atoms with van der Waals surface area (Å²) in [6.07, 6.45) is 3.66. The summed E-state index contributed by atoms with van der Waals surface area (Å²) in [5.74, 6) is 0.936. The number of rotatable bonds is 5. The molecule has 1 unspecified atom stereocenters. The summed E-state index contributed by atoms with van der Waals surface area (Å²) in [5, 5.41) is 3.37. The number of nitrogens with zero attached hydrogens (tertiary/aromatic N) is 3. The Kier molecular flexibility index (Phi) is 5.29. The largest absolute Gasteiger partial charge is 0.355 e. The Bertz CT molecular complexity index is 395. The maximum Gasteiger partial charge on any atom is 0.147 e. The van der Waals surface area contributed by atoms with Gasteiger partial charge in [0.05, 0.1) is 11.9 Å². The zero-order valence-electron chi connectivity index (χ0n) is 13.4. The number of aromatic nitrogens is 2. The van der Waals surface area contributed by atoms with Crippen LogP contribution in [-0.4, -0.2) is 29.1 Å². The van der Waals surface area contributed by atoms with Gasteiger partial charge in [-0.3, -0.25) is 4.98 Å². The van der Waals surface area contributed by atoms with E-state index in [0.717, 1.165) is 18.1 Å². The molecule has 0 fully saturated rings. The summed E-state index contributed by atoms with van der Waals surface area (Å²) in [4.78, 5) is 11.2. The van der Waals surface area contributed by atoms with Gasteiger partial charge in [-0.05, 0) is 12.3 Å². The molecule has 0 aromatic carbocycles. The molecule has 0 saturated carbocycles. The molecule has 4 heteroatoms. The third kappa shape index (κ3) is 4.78. The van der Waals surface area contributed by atoms with Crippen molar-refractivity contribution in [3.05, 3.63) is 18.1 Å². The van der Waals surface area contributed by atoms with Gasteiger partial charge in [-0.2, -0.15) is 0 Å². The third-order valence-corrected chi connectivity index (χ3v) is 3.56. The van der Waals surface area contributed by atoms with E-state index in [9.17, 15) is 0 Å². The lowest BCUT2D eigenvalue weighted by atomic mass is 9.87. The highest BCUT2D eigenvalue weighted by Crippen LogP contribution is 2.25. The van der Waals surface area contributed by atoms with E-state index in [1.165, 1.54) is 0 Å². The smallest absolute Gasteiger partial charge is 0.147 e. The second kappa shape index (κ2) is 6.33. The van der Waals surface area contributed by atoms with Gasteiger partial charge in [-0.15, -0.1) is 0 Å². The molecule has 19 heavy (non-hydrogen) atoms. The van der Waals surface area contributed by atoms with Gasteiger partial charge in [-0.1, -0.05) is 34.6 Å². The first kappa shape index (κ1) is 15.9. The van der Waals surface area contributed by atoms with E-state index in [4.69, 9.17) is 0 Å². The van der Waals surface area contributed by atoms with E-state index in [-0.39, 0.29) is 5.41 Å². The SMILES string of the molecule is CC(C)NCc1cncc(N(C)C(C)C(C)(C)C)n1. The summed E-state index contributed by atoms with van der Waals surface area (Å²) in [6, 6.07) is 0.854. The average molecular weight is 264 g/mol. The van der Waals surface area contributed by atoms with Crippen molar-refractivity contribution in [1.29, 1.82) is 0 Å². The molecule has 1 N–H and O–H groups in total. The summed E-state index contributed by atoms with van der Waals surface area (Å²) in [5.41, 5.74) is 1.20. The topological polar surface area (TPSA) is 41.1 Å². The maximum atomic E-state index is 4.68. The van der Waals surface area contributed by atoms with Crippen LogP contribution in [0.5, 0.6) is 0 Å². The highest BCUT2D eigenvalue weighted by atomic mass is 15.2. The Labute approximate surface area is 117 Å². The summed E-state index contributed by atoms with van der Waals surface area (Å²) < 4.78 is 0. The van der Waals surface area contributed by atoms with E-state index in [1.54, 1.807) is 0 Å². The van der Waals surface area contributed by atoms with Crippen LogP contribution < -0.4 is 10.2 Å². The van der Waals surface area contributed by atoms with Gasteiger partial charge in [0, 0.05) is 31.9 Å². The Morgan fingerprint density at radius 3 is 2.37 bits per heavy atom. The van der Waals surface area contributed by atoms with Gasteiger partial charge < -0.3 is 10.2 Å². The Morgan fingerprint density at radius 2 is 1.84 bits per heavy atom. The number of hydrogen-bond donors (Lipinski definition) is 1. The van der Waals surface area contributed by atoms with Crippen LogP contribution in [0.2, 0.25) is 0 Å². The molecule has 0 amide bonds. The van der Waals surface area contributed by atoms with Gasteiger partial charge in [0.25, 0.3) is 0 Å². The van der Waals surface area contributed by atoms with Crippen LogP contribution in [0, 0.1) is 5.41 Å². The van der Waals surface area contributed by atoms with Gasteiger partial charge in [0.15, 0.2) is 0 Å². The van der Waals surface area contributed by atoms with E-state index < -0.39 is 0 Å². The molecule has 1 aromatic rings. The summed E-state index contributed by atoms with van der Waals surface area (Å²) in [7, 11) is 2.08. The molecule has 0 bridgehead atoms. The molecule has 0 aliphatic heterocycles. The molecule has 0 spiro atoms. The minimum Gasteiger partial charge on any atom is -0.355 e.